The molecule has 0 saturated heterocycles. The lowest BCUT2D eigenvalue weighted by atomic mass is 9.50. The third kappa shape index (κ3) is 6.40. The highest BCUT2D eigenvalue weighted by atomic mass is 15.0. The Morgan fingerprint density at radius 2 is 1.72 bits per heavy atom. The minimum Gasteiger partial charge on any atom is -0.380 e. The van der Waals surface area contributed by atoms with E-state index in [2.05, 4.69) is 110 Å². The molecule has 4 N–H and O–H groups in total. The van der Waals surface area contributed by atoms with Gasteiger partial charge in [-0.3, -0.25) is 0 Å². The van der Waals surface area contributed by atoms with Crippen molar-refractivity contribution in [3.05, 3.63) is 65.5 Å². The van der Waals surface area contributed by atoms with Gasteiger partial charge in [-0.05, 0) is 118 Å². The van der Waals surface area contributed by atoms with Crippen LogP contribution in [0.3, 0.4) is 0 Å². The Morgan fingerprint density at radius 3 is 2.19 bits per heavy atom. The van der Waals surface area contributed by atoms with E-state index in [9.17, 15) is 0 Å². The topological polar surface area (TPSA) is 50.1 Å². The first-order valence-corrected chi connectivity index (χ1v) is 17.5. The number of benzene rings is 1. The number of nitrogens with two attached hydrogens (primary N) is 1. The molecule has 4 unspecified atom stereocenters. The maximum atomic E-state index is 7.70. The molecular formula is C40H65N3. The fourth-order valence-corrected chi connectivity index (χ4v) is 9.72. The molecule has 0 amide bonds. The summed E-state index contributed by atoms with van der Waals surface area (Å²) in [5.74, 6) is 1.96. The predicted octanol–water partition coefficient (Wildman–Crippen LogP) is 10.6. The molecule has 3 fully saturated rings. The van der Waals surface area contributed by atoms with Crippen molar-refractivity contribution in [3.63, 3.8) is 0 Å². The molecule has 3 aliphatic rings. The van der Waals surface area contributed by atoms with Crippen LogP contribution in [0.5, 0.6) is 0 Å². The number of anilines is 1. The first-order valence-electron chi connectivity index (χ1n) is 17.5. The van der Waals surface area contributed by atoms with Crippen LogP contribution in [0.1, 0.15) is 137 Å². The highest BCUT2D eigenvalue weighted by Gasteiger charge is 2.56. The quantitative estimate of drug-likeness (QED) is 0.213. The van der Waals surface area contributed by atoms with E-state index in [4.69, 9.17) is 5.73 Å². The molecule has 1 aromatic carbocycles. The molecule has 3 heteroatoms. The maximum absolute atomic E-state index is 7.70. The Bertz CT molecular complexity index is 1190. The third-order valence-electron chi connectivity index (χ3n) is 12.6. The Labute approximate surface area is 265 Å². The second-order valence-corrected chi connectivity index (χ2v) is 16.4. The van der Waals surface area contributed by atoms with Crippen molar-refractivity contribution in [3.8, 4) is 0 Å². The van der Waals surface area contributed by atoms with E-state index in [0.29, 0.717) is 17.3 Å². The van der Waals surface area contributed by atoms with Crippen LogP contribution in [0.15, 0.2) is 54.4 Å². The molecule has 0 bridgehead atoms. The van der Waals surface area contributed by atoms with Crippen LogP contribution in [0.25, 0.3) is 0 Å². The lowest BCUT2D eigenvalue weighted by Gasteiger charge is -2.56. The number of hydrogen-bond acceptors (Lipinski definition) is 3. The smallest absolute Gasteiger partial charge is 0.0689 e. The van der Waals surface area contributed by atoms with Gasteiger partial charge in [-0.25, -0.2) is 0 Å². The number of aryl methyl sites for hydroxylation is 1. The van der Waals surface area contributed by atoms with Gasteiger partial charge in [0, 0.05) is 28.0 Å². The summed E-state index contributed by atoms with van der Waals surface area (Å²) >= 11 is 0. The first-order chi connectivity index (χ1) is 20.1. The van der Waals surface area contributed by atoms with Gasteiger partial charge in [-0.15, -0.1) is 0 Å². The Kier molecular flexibility index (Phi) is 10.1. The van der Waals surface area contributed by atoms with E-state index in [1.54, 1.807) is 0 Å². The Hall–Kier alpha value is -2.00. The number of rotatable bonds is 12. The van der Waals surface area contributed by atoms with Crippen molar-refractivity contribution in [1.29, 1.82) is 0 Å². The van der Waals surface area contributed by atoms with E-state index in [-0.39, 0.29) is 16.9 Å². The second kappa shape index (κ2) is 12.8. The van der Waals surface area contributed by atoms with E-state index in [0.717, 1.165) is 36.5 Å². The molecule has 0 aromatic heterocycles. The van der Waals surface area contributed by atoms with Gasteiger partial charge in [0.05, 0.1) is 6.04 Å². The van der Waals surface area contributed by atoms with Gasteiger partial charge in [0.25, 0.3) is 0 Å². The second-order valence-electron chi connectivity index (χ2n) is 16.4. The maximum Gasteiger partial charge on any atom is 0.0689 e. The van der Waals surface area contributed by atoms with Crippen molar-refractivity contribution in [2.24, 2.45) is 34.3 Å². The average Bonchev–Trinajstić information content (AvgIpc) is 3.40. The van der Waals surface area contributed by atoms with Crippen molar-refractivity contribution < 1.29 is 0 Å². The summed E-state index contributed by atoms with van der Waals surface area (Å²) in [6.45, 7) is 29.7. The molecule has 43 heavy (non-hydrogen) atoms. The van der Waals surface area contributed by atoms with Crippen molar-refractivity contribution >= 4 is 5.69 Å². The Morgan fingerprint density at radius 1 is 1.07 bits per heavy atom. The van der Waals surface area contributed by atoms with Gasteiger partial charge in [-0.2, -0.15) is 0 Å². The monoisotopic (exact) mass is 588 g/mol. The highest BCUT2D eigenvalue weighted by Crippen LogP contribution is 2.59. The zero-order valence-corrected chi connectivity index (χ0v) is 29.4. The molecule has 0 spiro atoms. The fourth-order valence-electron chi connectivity index (χ4n) is 9.72. The molecule has 0 aliphatic heterocycles. The zero-order chi connectivity index (χ0) is 31.8. The van der Waals surface area contributed by atoms with Gasteiger partial charge < -0.3 is 16.4 Å². The number of hydrogen-bond donors (Lipinski definition) is 3. The lowest BCUT2D eigenvalue weighted by molar-refractivity contribution is 0.0168. The van der Waals surface area contributed by atoms with Crippen molar-refractivity contribution in [2.45, 2.75) is 150 Å². The Balaban J connectivity index is 1.67. The van der Waals surface area contributed by atoms with Gasteiger partial charge in [0.2, 0.25) is 0 Å². The predicted molar refractivity (Wildman–Crippen MR) is 188 cm³/mol. The average molecular weight is 588 g/mol. The zero-order valence-electron chi connectivity index (χ0n) is 29.4. The van der Waals surface area contributed by atoms with Gasteiger partial charge in [0.1, 0.15) is 0 Å². The van der Waals surface area contributed by atoms with E-state index in [1.807, 2.05) is 0 Å². The summed E-state index contributed by atoms with van der Waals surface area (Å²) in [5, 5.41) is 7.72. The summed E-state index contributed by atoms with van der Waals surface area (Å²) in [5.41, 5.74) is 15.2. The molecule has 4 atom stereocenters. The summed E-state index contributed by atoms with van der Waals surface area (Å²) in [7, 11) is 0. The third-order valence-corrected chi connectivity index (χ3v) is 12.6. The number of allylic oxidation sites excluding steroid dienone is 2. The molecule has 3 aliphatic carbocycles. The van der Waals surface area contributed by atoms with Gasteiger partial charge in [0.15, 0.2) is 0 Å². The molecule has 3 saturated carbocycles. The highest BCUT2D eigenvalue weighted by molar-refractivity contribution is 5.58. The van der Waals surface area contributed by atoms with Crippen LogP contribution < -0.4 is 16.4 Å². The van der Waals surface area contributed by atoms with Crippen LogP contribution in [0, 0.1) is 35.5 Å². The molecule has 0 heterocycles. The first kappa shape index (κ1) is 33.9. The van der Waals surface area contributed by atoms with E-state index in [1.165, 1.54) is 73.9 Å². The number of nitrogens with one attached hydrogen (secondary N) is 2. The minimum atomic E-state index is -0.399. The molecule has 0 radical (unpaired) electrons. The van der Waals surface area contributed by atoms with E-state index >= 15 is 0 Å². The summed E-state index contributed by atoms with van der Waals surface area (Å²) < 4.78 is 0. The summed E-state index contributed by atoms with van der Waals surface area (Å²) in [6.07, 6.45) is 15.8. The normalized spacial score (nSPS) is 26.7. The molecule has 3 nitrogen and oxygen atoms in total. The van der Waals surface area contributed by atoms with Crippen molar-refractivity contribution in [1.82, 2.24) is 5.32 Å². The standard InChI is InChI=1S/C40H65N3/c1-12-34(36(42-29(6)7)33-18-16-30(8)25-37(33,10)11)43-35-19-17-32(24-31(35)9)39(22-13-14-23-39)40(41,28(4)5)26-38(27(2)3)20-15-21-38/h12,17,19,24,27,30,33,36,42-43H,4,6,13-16,18,20-23,25-26,41H2,1-3,5,7-11H3. The lowest BCUT2D eigenvalue weighted by Crippen LogP contribution is -2.61. The minimum absolute atomic E-state index is 0.0596. The van der Waals surface area contributed by atoms with Crippen LogP contribution in [-0.2, 0) is 5.41 Å². The molecular weight excluding hydrogens is 522 g/mol. The molecule has 1 aromatic rings. The SMILES string of the molecule is C=C(C)NC(C(=CC)Nc1ccc(C2(C(N)(CC3(C(C)C)CCC3)C(=C)C)CCCC2)cc1C)C1CCC(C)CC1(C)C. The van der Waals surface area contributed by atoms with Crippen LogP contribution in [0.2, 0.25) is 0 Å². The molecule has 240 valence electrons. The summed E-state index contributed by atoms with van der Waals surface area (Å²) in [4.78, 5) is 0. The van der Waals surface area contributed by atoms with Crippen LogP contribution in [0.4, 0.5) is 5.69 Å². The van der Waals surface area contributed by atoms with Gasteiger partial charge in [-0.1, -0.05) is 97.2 Å². The van der Waals surface area contributed by atoms with Gasteiger partial charge >= 0.3 is 0 Å². The van der Waals surface area contributed by atoms with E-state index < -0.39 is 5.54 Å². The molecule has 4 rings (SSSR count). The fraction of sp³-hybridized carbons (Fsp3) is 0.700. The van der Waals surface area contributed by atoms with Crippen LogP contribution in [-0.4, -0.2) is 11.6 Å². The largest absolute Gasteiger partial charge is 0.380 e. The van der Waals surface area contributed by atoms with Crippen molar-refractivity contribution in [2.75, 3.05) is 5.32 Å². The van der Waals surface area contributed by atoms with Crippen LogP contribution >= 0.6 is 0 Å². The summed E-state index contributed by atoms with van der Waals surface area (Å²) in [6, 6.07) is 7.40.